The lowest BCUT2D eigenvalue weighted by molar-refractivity contribution is 0.101. The van der Waals surface area contributed by atoms with Crippen LogP contribution in [0.3, 0.4) is 0 Å². The van der Waals surface area contributed by atoms with Gasteiger partial charge in [-0.15, -0.1) is 0 Å². The minimum Gasteiger partial charge on any atom is -0.391 e. The van der Waals surface area contributed by atoms with E-state index in [9.17, 15) is 9.90 Å². The van der Waals surface area contributed by atoms with Crippen molar-refractivity contribution < 1.29 is 9.90 Å². The number of ketones is 1. The number of anilines is 1. The Hall–Kier alpha value is -0.870. The first-order valence-corrected chi connectivity index (χ1v) is 6.10. The molecule has 0 amide bonds. The Bertz CT molecular complexity index is 419. The molecule has 4 heteroatoms. The number of hydrogen-bond donors (Lipinski definition) is 1. The summed E-state index contributed by atoms with van der Waals surface area (Å²) in [5.74, 6) is 0.0592. The van der Waals surface area contributed by atoms with E-state index in [-0.39, 0.29) is 11.9 Å². The van der Waals surface area contributed by atoms with Crippen LogP contribution in [-0.4, -0.2) is 30.1 Å². The third-order valence-corrected chi connectivity index (χ3v) is 3.34. The van der Waals surface area contributed by atoms with Gasteiger partial charge in [0, 0.05) is 28.8 Å². The second-order valence-electron chi connectivity index (χ2n) is 4.11. The highest BCUT2D eigenvalue weighted by Crippen LogP contribution is 2.28. The van der Waals surface area contributed by atoms with Crippen LogP contribution in [0.1, 0.15) is 23.7 Å². The third-order valence-electron chi connectivity index (χ3n) is 2.84. The molecule has 1 aliphatic heterocycles. The molecular formula is C12H14BrNO2. The number of aliphatic hydroxyl groups excluding tert-OH is 1. The topological polar surface area (TPSA) is 40.5 Å². The smallest absolute Gasteiger partial charge is 0.161 e. The van der Waals surface area contributed by atoms with Gasteiger partial charge in [-0.25, -0.2) is 0 Å². The zero-order valence-electron chi connectivity index (χ0n) is 9.11. The first-order valence-electron chi connectivity index (χ1n) is 5.31. The molecule has 0 saturated carbocycles. The largest absolute Gasteiger partial charge is 0.391 e. The van der Waals surface area contributed by atoms with Gasteiger partial charge in [-0.3, -0.25) is 4.79 Å². The molecule has 1 atom stereocenters. The average Bonchev–Trinajstić information content (AvgIpc) is 2.64. The van der Waals surface area contributed by atoms with Crippen molar-refractivity contribution in [3.63, 3.8) is 0 Å². The van der Waals surface area contributed by atoms with Gasteiger partial charge in [-0.1, -0.05) is 15.9 Å². The summed E-state index contributed by atoms with van der Waals surface area (Å²) in [6.07, 6.45) is 0.489. The molecule has 16 heavy (non-hydrogen) atoms. The Labute approximate surface area is 103 Å². The van der Waals surface area contributed by atoms with E-state index in [0.29, 0.717) is 6.54 Å². The normalized spacial score (nSPS) is 20.2. The van der Waals surface area contributed by atoms with E-state index in [4.69, 9.17) is 0 Å². The first kappa shape index (κ1) is 11.6. The maximum atomic E-state index is 11.5. The van der Waals surface area contributed by atoms with E-state index in [2.05, 4.69) is 20.8 Å². The molecule has 0 radical (unpaired) electrons. The summed E-state index contributed by atoms with van der Waals surface area (Å²) in [6, 6.07) is 5.63. The summed E-state index contributed by atoms with van der Waals surface area (Å²) in [6.45, 7) is 2.98. The van der Waals surface area contributed by atoms with Crippen LogP contribution in [0.15, 0.2) is 22.7 Å². The van der Waals surface area contributed by atoms with Crippen molar-refractivity contribution in [3.05, 3.63) is 28.2 Å². The number of carbonyl (C=O) groups excluding carboxylic acids is 1. The van der Waals surface area contributed by atoms with Crippen molar-refractivity contribution in [2.24, 2.45) is 0 Å². The second kappa shape index (κ2) is 4.55. The van der Waals surface area contributed by atoms with Crippen LogP contribution in [0.2, 0.25) is 0 Å². The minimum absolute atomic E-state index is 0.0592. The fourth-order valence-electron chi connectivity index (χ4n) is 2.02. The van der Waals surface area contributed by atoms with Gasteiger partial charge >= 0.3 is 0 Å². The Kier molecular flexibility index (Phi) is 3.30. The summed E-state index contributed by atoms with van der Waals surface area (Å²) in [5.41, 5.74) is 1.63. The molecule has 0 aromatic heterocycles. The Morgan fingerprint density at radius 3 is 2.88 bits per heavy atom. The first-order chi connectivity index (χ1) is 7.58. The monoisotopic (exact) mass is 283 g/mol. The summed E-state index contributed by atoms with van der Waals surface area (Å²) >= 11 is 3.41. The molecule has 1 saturated heterocycles. The molecule has 1 unspecified atom stereocenters. The van der Waals surface area contributed by atoms with E-state index in [0.717, 1.165) is 28.7 Å². The van der Waals surface area contributed by atoms with Crippen LogP contribution >= 0.6 is 15.9 Å². The number of nitrogens with zero attached hydrogens (tertiary/aromatic N) is 1. The van der Waals surface area contributed by atoms with Crippen LogP contribution in [0.4, 0.5) is 5.69 Å². The molecule has 1 aromatic rings. The SMILES string of the molecule is CC(=O)c1ccc(Br)cc1N1CCC(O)C1. The molecule has 86 valence electrons. The lowest BCUT2D eigenvalue weighted by Crippen LogP contribution is -2.23. The standard InChI is InChI=1S/C12H14BrNO2/c1-8(15)11-3-2-9(13)6-12(11)14-5-4-10(16)7-14/h2-3,6,10,16H,4-5,7H2,1H3. The number of Topliss-reactive ketones (excluding diaryl/α,β-unsaturated/α-hetero) is 1. The van der Waals surface area contributed by atoms with Crippen molar-refractivity contribution in [1.82, 2.24) is 0 Å². The molecule has 1 fully saturated rings. The molecule has 0 spiro atoms. The van der Waals surface area contributed by atoms with Crippen LogP contribution in [0.25, 0.3) is 0 Å². The number of hydrogen-bond acceptors (Lipinski definition) is 3. The fraction of sp³-hybridized carbons (Fsp3) is 0.417. The molecule has 1 aliphatic rings. The molecule has 1 heterocycles. The highest BCUT2D eigenvalue weighted by Gasteiger charge is 2.23. The van der Waals surface area contributed by atoms with E-state index in [1.54, 1.807) is 6.92 Å². The Balaban J connectivity index is 2.37. The number of carbonyl (C=O) groups is 1. The van der Waals surface area contributed by atoms with Gasteiger partial charge in [0.25, 0.3) is 0 Å². The van der Waals surface area contributed by atoms with Gasteiger partial charge in [-0.05, 0) is 31.5 Å². The summed E-state index contributed by atoms with van der Waals surface area (Å²) in [4.78, 5) is 13.6. The average molecular weight is 284 g/mol. The number of aliphatic hydroxyl groups is 1. The highest BCUT2D eigenvalue weighted by molar-refractivity contribution is 9.10. The highest BCUT2D eigenvalue weighted by atomic mass is 79.9. The Morgan fingerprint density at radius 1 is 1.56 bits per heavy atom. The van der Waals surface area contributed by atoms with Gasteiger partial charge in [0.2, 0.25) is 0 Å². The molecule has 2 rings (SSSR count). The number of rotatable bonds is 2. The van der Waals surface area contributed by atoms with Crippen molar-refractivity contribution in [2.75, 3.05) is 18.0 Å². The predicted molar refractivity (Wildman–Crippen MR) is 67.0 cm³/mol. The number of benzene rings is 1. The minimum atomic E-state index is -0.279. The lowest BCUT2D eigenvalue weighted by atomic mass is 10.1. The molecule has 1 N–H and O–H groups in total. The van der Waals surface area contributed by atoms with Crippen molar-refractivity contribution in [2.45, 2.75) is 19.4 Å². The van der Waals surface area contributed by atoms with Crippen LogP contribution in [0.5, 0.6) is 0 Å². The second-order valence-corrected chi connectivity index (χ2v) is 5.02. The molecule has 3 nitrogen and oxygen atoms in total. The zero-order valence-corrected chi connectivity index (χ0v) is 10.7. The van der Waals surface area contributed by atoms with E-state index in [1.165, 1.54) is 0 Å². The van der Waals surface area contributed by atoms with Crippen molar-refractivity contribution >= 4 is 27.4 Å². The van der Waals surface area contributed by atoms with E-state index < -0.39 is 0 Å². The quantitative estimate of drug-likeness (QED) is 0.847. The van der Waals surface area contributed by atoms with Gasteiger partial charge in [0.05, 0.1) is 6.10 Å². The Morgan fingerprint density at radius 2 is 2.31 bits per heavy atom. The summed E-state index contributed by atoms with van der Waals surface area (Å²) in [5, 5.41) is 9.52. The molecule has 0 bridgehead atoms. The third kappa shape index (κ3) is 2.28. The summed E-state index contributed by atoms with van der Waals surface area (Å²) in [7, 11) is 0. The molecule has 0 aliphatic carbocycles. The van der Waals surface area contributed by atoms with E-state index >= 15 is 0 Å². The lowest BCUT2D eigenvalue weighted by Gasteiger charge is -2.20. The zero-order chi connectivity index (χ0) is 11.7. The molecular weight excluding hydrogens is 270 g/mol. The van der Waals surface area contributed by atoms with Gasteiger partial charge in [0.1, 0.15) is 0 Å². The van der Waals surface area contributed by atoms with Crippen molar-refractivity contribution in [3.8, 4) is 0 Å². The predicted octanol–water partition coefficient (Wildman–Crippen LogP) is 2.22. The molecule has 1 aromatic carbocycles. The van der Waals surface area contributed by atoms with Gasteiger partial charge < -0.3 is 10.0 Å². The van der Waals surface area contributed by atoms with Gasteiger partial charge in [-0.2, -0.15) is 0 Å². The maximum absolute atomic E-state index is 11.5. The van der Waals surface area contributed by atoms with E-state index in [1.807, 2.05) is 18.2 Å². The van der Waals surface area contributed by atoms with Gasteiger partial charge in [0.15, 0.2) is 5.78 Å². The van der Waals surface area contributed by atoms with Crippen LogP contribution in [-0.2, 0) is 0 Å². The fourth-order valence-corrected chi connectivity index (χ4v) is 2.37. The van der Waals surface area contributed by atoms with Crippen molar-refractivity contribution in [1.29, 1.82) is 0 Å². The summed E-state index contributed by atoms with van der Waals surface area (Å²) < 4.78 is 0.953. The number of β-amino-alcohol motifs (C(OH)–C–C–N with tert-alkyl or cyclic N) is 1. The van der Waals surface area contributed by atoms with Crippen LogP contribution in [0, 0.1) is 0 Å². The number of halogens is 1. The van der Waals surface area contributed by atoms with Crippen LogP contribution < -0.4 is 4.90 Å². The maximum Gasteiger partial charge on any atom is 0.161 e.